The van der Waals surface area contributed by atoms with Crippen LogP contribution in [-0.4, -0.2) is 64.5 Å². The van der Waals surface area contributed by atoms with Crippen LogP contribution in [-0.2, 0) is 31.2 Å². The summed E-state index contributed by atoms with van der Waals surface area (Å²) in [5, 5.41) is 4.37. The van der Waals surface area contributed by atoms with Crippen LogP contribution in [0.4, 0.5) is 0 Å². The number of ether oxygens (including phenoxy) is 1. The highest BCUT2D eigenvalue weighted by Gasteiger charge is 2.31. The summed E-state index contributed by atoms with van der Waals surface area (Å²) in [5.41, 5.74) is 4.46. The van der Waals surface area contributed by atoms with Crippen LogP contribution in [0.1, 0.15) is 42.4 Å². The minimum absolute atomic E-state index is 0.416. The first-order valence-corrected chi connectivity index (χ1v) is 11.9. The molecule has 30 heavy (non-hydrogen) atoms. The molecule has 162 valence electrons. The van der Waals surface area contributed by atoms with Gasteiger partial charge in [0.2, 0.25) is 0 Å². The second-order valence-corrected chi connectivity index (χ2v) is 9.66. The molecular formula is C25H36N4O. The topological polar surface area (TPSA) is 33.5 Å². The summed E-state index contributed by atoms with van der Waals surface area (Å²) >= 11 is 0. The first-order chi connectivity index (χ1) is 14.7. The van der Waals surface area contributed by atoms with Crippen molar-refractivity contribution in [3.8, 4) is 0 Å². The molecule has 5 nitrogen and oxygen atoms in total. The van der Waals surface area contributed by atoms with E-state index >= 15 is 0 Å². The van der Waals surface area contributed by atoms with Crippen molar-refractivity contribution in [3.63, 3.8) is 0 Å². The highest BCUT2D eigenvalue weighted by atomic mass is 16.5. The average Bonchev–Trinajstić information content (AvgIpc) is 3.50. The summed E-state index contributed by atoms with van der Waals surface area (Å²) in [4.78, 5) is 5.40. The molecule has 0 spiro atoms. The maximum atomic E-state index is 5.96. The Morgan fingerprint density at radius 2 is 1.83 bits per heavy atom. The van der Waals surface area contributed by atoms with Gasteiger partial charge >= 0.3 is 0 Å². The molecule has 0 radical (unpaired) electrons. The van der Waals surface area contributed by atoms with Crippen molar-refractivity contribution >= 4 is 0 Å². The van der Waals surface area contributed by atoms with Crippen molar-refractivity contribution in [2.45, 2.75) is 57.2 Å². The van der Waals surface area contributed by atoms with E-state index in [1.165, 1.54) is 63.7 Å². The van der Waals surface area contributed by atoms with Gasteiger partial charge in [-0.2, -0.15) is 5.10 Å². The van der Waals surface area contributed by atoms with Crippen LogP contribution in [0, 0.1) is 5.92 Å². The zero-order chi connectivity index (χ0) is 20.3. The number of likely N-dealkylation sites (tertiary alicyclic amines) is 1. The van der Waals surface area contributed by atoms with E-state index < -0.39 is 0 Å². The molecule has 2 saturated heterocycles. The maximum absolute atomic E-state index is 5.96. The smallest absolute Gasteiger partial charge is 0.0702 e. The molecule has 1 aliphatic carbocycles. The Labute approximate surface area is 181 Å². The highest BCUT2D eigenvalue weighted by Crippen LogP contribution is 2.29. The van der Waals surface area contributed by atoms with Crippen LogP contribution >= 0.6 is 0 Å². The molecule has 0 unspecified atom stereocenters. The van der Waals surface area contributed by atoms with Crippen molar-refractivity contribution in [2.75, 3.05) is 32.8 Å². The monoisotopic (exact) mass is 408 g/mol. The fraction of sp³-hybridized carbons (Fsp3) is 0.640. The van der Waals surface area contributed by atoms with Gasteiger partial charge in [0.15, 0.2) is 0 Å². The van der Waals surface area contributed by atoms with Crippen molar-refractivity contribution in [2.24, 2.45) is 13.0 Å². The van der Waals surface area contributed by atoms with E-state index in [1.807, 2.05) is 17.9 Å². The molecule has 3 aliphatic rings. The Morgan fingerprint density at radius 3 is 2.47 bits per heavy atom. The third-order valence-electron chi connectivity index (χ3n) is 7.36. The number of benzene rings is 1. The van der Waals surface area contributed by atoms with Gasteiger partial charge in [-0.25, -0.2) is 0 Å². The van der Waals surface area contributed by atoms with Crippen LogP contribution in [0.3, 0.4) is 0 Å². The van der Waals surface area contributed by atoms with Gasteiger partial charge in [0, 0.05) is 51.1 Å². The lowest BCUT2D eigenvalue weighted by Crippen LogP contribution is -2.44. The summed E-state index contributed by atoms with van der Waals surface area (Å²) in [6.07, 6.45) is 12.1. The van der Waals surface area contributed by atoms with E-state index in [-0.39, 0.29) is 0 Å². The summed E-state index contributed by atoms with van der Waals surface area (Å²) in [7, 11) is 2.00. The molecule has 3 heterocycles. The maximum Gasteiger partial charge on any atom is 0.0702 e. The summed E-state index contributed by atoms with van der Waals surface area (Å²) < 4.78 is 7.87. The molecule has 0 N–H and O–H groups in total. The molecule has 5 rings (SSSR count). The number of aromatic nitrogens is 2. The molecular weight excluding hydrogens is 372 g/mol. The van der Waals surface area contributed by atoms with E-state index in [9.17, 15) is 0 Å². The predicted molar refractivity (Wildman–Crippen MR) is 119 cm³/mol. The van der Waals surface area contributed by atoms with Crippen molar-refractivity contribution in [3.05, 3.63) is 53.3 Å². The summed E-state index contributed by atoms with van der Waals surface area (Å²) in [6.45, 7) is 6.69. The second-order valence-electron chi connectivity index (χ2n) is 9.66. The molecule has 1 aromatic carbocycles. The van der Waals surface area contributed by atoms with Crippen LogP contribution < -0.4 is 0 Å². The van der Waals surface area contributed by atoms with Crippen LogP contribution in [0.25, 0.3) is 0 Å². The number of rotatable bonds is 7. The lowest BCUT2D eigenvalue weighted by atomic mass is 9.94. The zero-order valence-electron chi connectivity index (χ0n) is 18.4. The molecule has 0 bridgehead atoms. The van der Waals surface area contributed by atoms with E-state index in [4.69, 9.17) is 4.74 Å². The number of aryl methyl sites for hydroxylation is 1. The standard InChI is InChI=1S/C25H36N4O/c1-27-16-21(15-26-27)18-28(19-25-7-4-12-30-25)17-20-8-10-29(11-9-20)24-13-22-5-2-3-6-23(22)14-24/h2-3,5-6,15-16,20,24-25H,4,7-14,17-19H2,1H3/t25-/m1/s1. The molecule has 2 aliphatic heterocycles. The lowest BCUT2D eigenvalue weighted by molar-refractivity contribution is 0.0541. The van der Waals surface area contributed by atoms with Crippen molar-refractivity contribution < 1.29 is 4.74 Å². The lowest BCUT2D eigenvalue weighted by Gasteiger charge is -2.38. The van der Waals surface area contributed by atoms with E-state index in [2.05, 4.69) is 45.4 Å². The molecule has 5 heteroatoms. The molecule has 2 aromatic rings. The first kappa shape index (κ1) is 20.2. The largest absolute Gasteiger partial charge is 0.377 e. The SMILES string of the molecule is Cn1cc(CN(CC2CCN(C3Cc4ccccc4C3)CC2)C[C@H]2CCCO2)cn1. The first-order valence-electron chi connectivity index (χ1n) is 11.9. The fourth-order valence-electron chi connectivity index (χ4n) is 5.75. The minimum Gasteiger partial charge on any atom is -0.377 e. The van der Waals surface area contributed by atoms with Gasteiger partial charge < -0.3 is 4.74 Å². The van der Waals surface area contributed by atoms with E-state index in [0.717, 1.165) is 31.7 Å². The van der Waals surface area contributed by atoms with Crippen molar-refractivity contribution in [1.29, 1.82) is 0 Å². The number of hydrogen-bond donors (Lipinski definition) is 0. The fourth-order valence-corrected chi connectivity index (χ4v) is 5.75. The van der Waals surface area contributed by atoms with Gasteiger partial charge in [-0.05, 0) is 68.7 Å². The van der Waals surface area contributed by atoms with E-state index in [1.54, 1.807) is 11.1 Å². The number of piperidine rings is 1. The number of nitrogens with zero attached hydrogens (tertiary/aromatic N) is 4. The molecule has 2 fully saturated rings. The summed E-state index contributed by atoms with van der Waals surface area (Å²) in [5.74, 6) is 0.795. The Bertz CT molecular complexity index is 795. The third-order valence-corrected chi connectivity index (χ3v) is 7.36. The Hall–Kier alpha value is -1.69. The second kappa shape index (κ2) is 9.21. The number of fused-ring (bicyclic) bond motifs is 1. The van der Waals surface area contributed by atoms with Gasteiger partial charge in [0.1, 0.15) is 0 Å². The Kier molecular flexibility index (Phi) is 6.21. The molecule has 0 amide bonds. The van der Waals surface area contributed by atoms with Crippen molar-refractivity contribution in [1.82, 2.24) is 19.6 Å². The van der Waals surface area contributed by atoms with Crippen LogP contribution in [0.2, 0.25) is 0 Å². The third kappa shape index (κ3) is 4.79. The Morgan fingerprint density at radius 1 is 1.07 bits per heavy atom. The average molecular weight is 409 g/mol. The minimum atomic E-state index is 0.416. The van der Waals surface area contributed by atoms with Gasteiger partial charge in [0.25, 0.3) is 0 Å². The normalized spacial score (nSPS) is 23.5. The Balaban J connectivity index is 1.15. The zero-order valence-corrected chi connectivity index (χ0v) is 18.4. The van der Waals surface area contributed by atoms with Gasteiger partial charge in [-0.15, -0.1) is 0 Å². The van der Waals surface area contributed by atoms with Crippen LogP contribution in [0.15, 0.2) is 36.7 Å². The van der Waals surface area contributed by atoms with E-state index in [0.29, 0.717) is 6.10 Å². The van der Waals surface area contributed by atoms with Gasteiger partial charge in [0.05, 0.1) is 12.3 Å². The molecule has 1 aromatic heterocycles. The highest BCUT2D eigenvalue weighted by molar-refractivity contribution is 5.33. The molecule has 0 saturated carbocycles. The number of hydrogen-bond acceptors (Lipinski definition) is 4. The molecule has 1 atom stereocenters. The van der Waals surface area contributed by atoms with Crippen LogP contribution in [0.5, 0.6) is 0 Å². The predicted octanol–water partition coefficient (Wildman–Crippen LogP) is 3.28. The van der Waals surface area contributed by atoms with Gasteiger partial charge in [-0.3, -0.25) is 14.5 Å². The van der Waals surface area contributed by atoms with Gasteiger partial charge in [-0.1, -0.05) is 24.3 Å². The quantitative estimate of drug-likeness (QED) is 0.704. The summed E-state index contributed by atoms with van der Waals surface area (Å²) in [6, 6.07) is 9.76.